The van der Waals surface area contributed by atoms with Crippen molar-refractivity contribution in [2.75, 3.05) is 5.32 Å². The van der Waals surface area contributed by atoms with Gasteiger partial charge in [-0.05, 0) is 36.3 Å². The van der Waals surface area contributed by atoms with Crippen LogP contribution < -0.4 is 5.32 Å². The van der Waals surface area contributed by atoms with Gasteiger partial charge in [-0.1, -0.05) is 38.8 Å². The molecular formula is C18H18N2O. The van der Waals surface area contributed by atoms with Gasteiger partial charge in [0, 0.05) is 22.9 Å². The molecule has 0 saturated heterocycles. The van der Waals surface area contributed by atoms with Crippen LogP contribution in [0.4, 0.5) is 5.69 Å². The highest BCUT2D eigenvalue weighted by molar-refractivity contribution is 5.94. The fraction of sp³-hybridized carbons (Fsp3) is 0.222. The molecule has 2 rings (SSSR count). The Hall–Kier alpha value is -2.60. The summed E-state index contributed by atoms with van der Waals surface area (Å²) in [7, 11) is 0. The second kappa shape index (κ2) is 6.23. The van der Waals surface area contributed by atoms with Gasteiger partial charge in [-0.25, -0.2) is 4.98 Å². The summed E-state index contributed by atoms with van der Waals surface area (Å²) in [6.45, 7) is 5.65. The Bertz CT molecular complexity index is 688. The molecule has 0 spiro atoms. The van der Waals surface area contributed by atoms with Crippen LogP contribution in [0.5, 0.6) is 0 Å². The van der Waals surface area contributed by atoms with Crippen molar-refractivity contribution in [3.63, 3.8) is 0 Å². The number of nitrogens with one attached hydrogen (secondary N) is 1. The highest BCUT2D eigenvalue weighted by Crippen LogP contribution is 2.17. The van der Waals surface area contributed by atoms with Crippen LogP contribution in [0.25, 0.3) is 0 Å². The van der Waals surface area contributed by atoms with Crippen LogP contribution >= 0.6 is 0 Å². The smallest absolute Gasteiger partial charge is 0.229 e. The number of amides is 1. The first-order valence-corrected chi connectivity index (χ1v) is 6.80. The van der Waals surface area contributed by atoms with Gasteiger partial charge in [0.1, 0.15) is 5.69 Å². The molecule has 1 N–H and O–H groups in total. The number of aromatic nitrogens is 1. The van der Waals surface area contributed by atoms with Crippen LogP contribution in [0.15, 0.2) is 48.7 Å². The summed E-state index contributed by atoms with van der Waals surface area (Å²) >= 11 is 0. The van der Waals surface area contributed by atoms with E-state index in [1.165, 1.54) is 0 Å². The Balaban J connectivity index is 2.16. The molecule has 106 valence electrons. The van der Waals surface area contributed by atoms with Crippen LogP contribution in [0.2, 0.25) is 0 Å². The molecule has 1 aromatic carbocycles. The Morgan fingerprint density at radius 3 is 2.57 bits per heavy atom. The van der Waals surface area contributed by atoms with Gasteiger partial charge < -0.3 is 5.32 Å². The van der Waals surface area contributed by atoms with E-state index in [9.17, 15) is 4.79 Å². The largest absolute Gasteiger partial charge is 0.326 e. The summed E-state index contributed by atoms with van der Waals surface area (Å²) in [5, 5.41) is 2.90. The van der Waals surface area contributed by atoms with Crippen molar-refractivity contribution in [2.45, 2.75) is 20.8 Å². The Morgan fingerprint density at radius 1 is 1.10 bits per heavy atom. The lowest BCUT2D eigenvalue weighted by molar-refractivity contribution is -0.123. The van der Waals surface area contributed by atoms with Gasteiger partial charge in [-0.3, -0.25) is 4.79 Å². The van der Waals surface area contributed by atoms with E-state index in [4.69, 9.17) is 0 Å². The van der Waals surface area contributed by atoms with E-state index in [1.54, 1.807) is 6.20 Å². The van der Waals surface area contributed by atoms with Crippen molar-refractivity contribution in [1.82, 2.24) is 4.98 Å². The van der Waals surface area contributed by atoms with Gasteiger partial charge in [0.15, 0.2) is 0 Å². The predicted molar refractivity (Wildman–Crippen MR) is 84.7 cm³/mol. The number of rotatable bonds is 1. The second-order valence-electron chi connectivity index (χ2n) is 5.75. The zero-order valence-electron chi connectivity index (χ0n) is 12.5. The SMILES string of the molecule is CC(C)(C)C(=O)Nc1cccc(C#Cc2ccccn2)c1. The summed E-state index contributed by atoms with van der Waals surface area (Å²) in [5.41, 5.74) is 1.90. The highest BCUT2D eigenvalue weighted by Gasteiger charge is 2.20. The molecular weight excluding hydrogens is 260 g/mol. The van der Waals surface area contributed by atoms with Gasteiger partial charge in [-0.15, -0.1) is 0 Å². The van der Waals surface area contributed by atoms with Crippen molar-refractivity contribution >= 4 is 11.6 Å². The number of hydrogen-bond acceptors (Lipinski definition) is 2. The third-order valence-electron chi connectivity index (χ3n) is 2.80. The van der Waals surface area contributed by atoms with E-state index >= 15 is 0 Å². The van der Waals surface area contributed by atoms with E-state index in [0.29, 0.717) is 0 Å². The standard InChI is InChI=1S/C18H18N2O/c1-18(2,3)17(21)20-16-9-6-7-14(13-16)10-11-15-8-4-5-12-19-15/h4-9,12-13H,1-3H3,(H,20,21). The van der Waals surface area contributed by atoms with E-state index in [1.807, 2.05) is 63.2 Å². The van der Waals surface area contributed by atoms with Gasteiger partial charge in [0.25, 0.3) is 0 Å². The van der Waals surface area contributed by atoms with Crippen LogP contribution in [0.3, 0.4) is 0 Å². The highest BCUT2D eigenvalue weighted by atomic mass is 16.2. The van der Waals surface area contributed by atoms with Crippen LogP contribution in [-0.4, -0.2) is 10.9 Å². The second-order valence-corrected chi connectivity index (χ2v) is 5.75. The van der Waals surface area contributed by atoms with Gasteiger partial charge >= 0.3 is 0 Å². The summed E-state index contributed by atoms with van der Waals surface area (Å²) in [4.78, 5) is 16.1. The topological polar surface area (TPSA) is 42.0 Å². The lowest BCUT2D eigenvalue weighted by Crippen LogP contribution is -2.27. The molecule has 0 aliphatic heterocycles. The lowest BCUT2D eigenvalue weighted by atomic mass is 9.95. The molecule has 0 atom stereocenters. The zero-order valence-corrected chi connectivity index (χ0v) is 12.5. The molecule has 0 saturated carbocycles. The molecule has 1 amide bonds. The molecule has 0 aliphatic rings. The number of nitrogens with zero attached hydrogens (tertiary/aromatic N) is 1. The third-order valence-corrected chi connectivity index (χ3v) is 2.80. The maximum absolute atomic E-state index is 12.0. The quantitative estimate of drug-likeness (QED) is 0.812. The summed E-state index contributed by atoms with van der Waals surface area (Å²) in [6.07, 6.45) is 1.71. The fourth-order valence-electron chi connectivity index (χ4n) is 1.57. The van der Waals surface area contributed by atoms with Crippen LogP contribution in [-0.2, 0) is 4.79 Å². The Kier molecular flexibility index (Phi) is 4.39. The normalized spacial score (nSPS) is 10.4. The first-order valence-electron chi connectivity index (χ1n) is 6.80. The molecule has 0 aliphatic carbocycles. The minimum absolute atomic E-state index is 0.0164. The molecule has 21 heavy (non-hydrogen) atoms. The average Bonchev–Trinajstić information content (AvgIpc) is 2.46. The molecule has 1 aromatic heterocycles. The maximum Gasteiger partial charge on any atom is 0.229 e. The minimum atomic E-state index is -0.421. The van der Waals surface area contributed by atoms with Gasteiger partial charge in [0.05, 0.1) is 0 Å². The number of anilines is 1. The molecule has 0 bridgehead atoms. The number of hydrogen-bond donors (Lipinski definition) is 1. The Morgan fingerprint density at radius 2 is 1.90 bits per heavy atom. The predicted octanol–water partition coefficient (Wildman–Crippen LogP) is 3.47. The van der Waals surface area contributed by atoms with E-state index in [0.717, 1.165) is 16.9 Å². The maximum atomic E-state index is 12.0. The number of carbonyl (C=O) groups excluding carboxylic acids is 1. The molecule has 2 aromatic rings. The first kappa shape index (κ1) is 14.8. The van der Waals surface area contributed by atoms with Crippen molar-refractivity contribution in [2.24, 2.45) is 5.41 Å². The van der Waals surface area contributed by atoms with E-state index in [2.05, 4.69) is 22.1 Å². The van der Waals surface area contributed by atoms with Crippen molar-refractivity contribution in [3.05, 3.63) is 59.9 Å². The van der Waals surface area contributed by atoms with Crippen molar-refractivity contribution < 1.29 is 4.79 Å². The monoisotopic (exact) mass is 278 g/mol. The molecule has 0 fully saturated rings. The van der Waals surface area contributed by atoms with Gasteiger partial charge in [-0.2, -0.15) is 0 Å². The van der Waals surface area contributed by atoms with Crippen LogP contribution in [0, 0.1) is 17.3 Å². The van der Waals surface area contributed by atoms with Crippen molar-refractivity contribution in [3.8, 4) is 11.8 Å². The summed E-state index contributed by atoms with van der Waals surface area (Å²) < 4.78 is 0. The fourth-order valence-corrected chi connectivity index (χ4v) is 1.57. The number of carbonyl (C=O) groups is 1. The molecule has 0 unspecified atom stereocenters. The molecule has 3 heteroatoms. The van der Waals surface area contributed by atoms with Crippen molar-refractivity contribution in [1.29, 1.82) is 0 Å². The molecule has 0 radical (unpaired) electrons. The van der Waals surface area contributed by atoms with Gasteiger partial charge in [0.2, 0.25) is 5.91 Å². The van der Waals surface area contributed by atoms with E-state index in [-0.39, 0.29) is 5.91 Å². The zero-order chi connectivity index (χ0) is 15.3. The number of benzene rings is 1. The Labute approximate surface area is 125 Å². The number of pyridine rings is 1. The summed E-state index contributed by atoms with van der Waals surface area (Å²) in [5.74, 6) is 6.03. The third kappa shape index (κ3) is 4.47. The summed E-state index contributed by atoms with van der Waals surface area (Å²) in [6, 6.07) is 13.1. The molecule has 1 heterocycles. The van der Waals surface area contributed by atoms with Crippen LogP contribution in [0.1, 0.15) is 32.0 Å². The van der Waals surface area contributed by atoms with E-state index < -0.39 is 5.41 Å². The lowest BCUT2D eigenvalue weighted by Gasteiger charge is -2.17. The molecule has 3 nitrogen and oxygen atoms in total. The first-order chi connectivity index (χ1) is 9.95. The minimum Gasteiger partial charge on any atom is -0.326 e. The average molecular weight is 278 g/mol.